The summed E-state index contributed by atoms with van der Waals surface area (Å²) >= 11 is 5.35. The van der Waals surface area contributed by atoms with Crippen LogP contribution in [-0.4, -0.2) is 67.1 Å². The van der Waals surface area contributed by atoms with E-state index in [0.29, 0.717) is 22.6 Å². The third kappa shape index (κ3) is 5.12. The number of benzene rings is 1. The molecular formula is C22H28N4O4S2. The second-order valence-electron chi connectivity index (χ2n) is 8.10. The first kappa shape index (κ1) is 22.7. The Balaban J connectivity index is 1.40. The molecule has 0 saturated carbocycles. The quantitative estimate of drug-likeness (QED) is 0.584. The molecule has 10 heteroatoms. The number of rotatable bonds is 6. The largest absolute Gasteiger partial charge is 0.474 e. The zero-order chi connectivity index (χ0) is 22.7. The summed E-state index contributed by atoms with van der Waals surface area (Å²) in [7, 11) is -3.23. The Bertz CT molecular complexity index is 1090. The van der Waals surface area contributed by atoms with Crippen molar-refractivity contribution in [3.63, 3.8) is 0 Å². The van der Waals surface area contributed by atoms with Crippen LogP contribution in [0.25, 0.3) is 0 Å². The number of likely N-dealkylation sites (tertiary alicyclic amines) is 1. The molecule has 32 heavy (non-hydrogen) atoms. The summed E-state index contributed by atoms with van der Waals surface area (Å²) in [5.41, 5.74) is 1.97. The smallest absolute Gasteiger partial charge is 0.259 e. The van der Waals surface area contributed by atoms with Crippen LogP contribution >= 0.6 is 12.2 Å². The highest BCUT2D eigenvalue weighted by Gasteiger charge is 2.26. The number of hydrogen-bond acceptors (Lipinski definition) is 8. The van der Waals surface area contributed by atoms with Crippen molar-refractivity contribution >= 4 is 38.7 Å². The zero-order valence-corrected chi connectivity index (χ0v) is 20.0. The van der Waals surface area contributed by atoms with Crippen molar-refractivity contribution in [3.05, 3.63) is 36.2 Å². The summed E-state index contributed by atoms with van der Waals surface area (Å²) < 4.78 is 35.4. The van der Waals surface area contributed by atoms with Gasteiger partial charge in [0.25, 0.3) is 5.17 Å². The van der Waals surface area contributed by atoms with E-state index in [2.05, 4.69) is 26.7 Å². The van der Waals surface area contributed by atoms with Crippen LogP contribution in [0.3, 0.4) is 0 Å². The molecular weight excluding hydrogens is 448 g/mol. The van der Waals surface area contributed by atoms with Crippen LogP contribution in [0, 0.1) is 0 Å². The van der Waals surface area contributed by atoms with Gasteiger partial charge in [0.2, 0.25) is 5.88 Å². The molecule has 172 valence electrons. The minimum Gasteiger partial charge on any atom is -0.474 e. The van der Waals surface area contributed by atoms with Crippen LogP contribution < -0.4 is 9.64 Å². The summed E-state index contributed by atoms with van der Waals surface area (Å²) in [6.45, 7) is 5.04. The van der Waals surface area contributed by atoms with Gasteiger partial charge in [0.1, 0.15) is 18.2 Å². The van der Waals surface area contributed by atoms with E-state index in [1.54, 1.807) is 12.1 Å². The Morgan fingerprint density at radius 2 is 1.97 bits per heavy atom. The molecule has 0 atom stereocenters. The molecule has 2 aliphatic rings. The Morgan fingerprint density at radius 3 is 2.69 bits per heavy atom. The lowest BCUT2D eigenvalue weighted by Crippen LogP contribution is -2.42. The number of aromatic nitrogens is 2. The second-order valence-corrected chi connectivity index (χ2v) is 10.5. The van der Waals surface area contributed by atoms with E-state index < -0.39 is 9.84 Å². The number of piperidine rings is 1. The van der Waals surface area contributed by atoms with E-state index in [0.717, 1.165) is 62.4 Å². The second kappa shape index (κ2) is 9.58. The van der Waals surface area contributed by atoms with Crippen LogP contribution in [0.2, 0.25) is 0 Å². The first-order valence-corrected chi connectivity index (χ1v) is 13.2. The number of hydrogen-bond donors (Lipinski definition) is 0. The zero-order valence-electron chi connectivity index (χ0n) is 18.4. The molecule has 1 fully saturated rings. The third-order valence-corrected chi connectivity index (χ3v) is 7.18. The number of ether oxygens (including phenoxy) is 2. The molecule has 4 rings (SSSR count). The van der Waals surface area contributed by atoms with Crippen molar-refractivity contribution in [2.45, 2.75) is 43.6 Å². The molecule has 0 unspecified atom stereocenters. The highest BCUT2D eigenvalue weighted by Crippen LogP contribution is 2.35. The maximum Gasteiger partial charge on any atom is 0.259 e. The number of nitrogens with zero attached hydrogens (tertiary/aromatic N) is 4. The standard InChI is InChI=1S/C22H28N4O4S2/c1-3-12-29-22(31)25-9-7-17(8-10-25)30-21-14-20(23-15-24-21)26-11-6-16-13-18(32(2,27)28)4-5-19(16)26/h4-5,13-15,17H,3,6-12H2,1-2H3. The van der Waals surface area contributed by atoms with Crippen molar-refractivity contribution in [1.29, 1.82) is 0 Å². The van der Waals surface area contributed by atoms with Crippen molar-refractivity contribution in [3.8, 4) is 5.88 Å². The van der Waals surface area contributed by atoms with E-state index >= 15 is 0 Å². The topological polar surface area (TPSA) is 84.9 Å². The lowest BCUT2D eigenvalue weighted by molar-refractivity contribution is 0.113. The van der Waals surface area contributed by atoms with E-state index in [1.807, 2.05) is 12.1 Å². The molecule has 0 amide bonds. The monoisotopic (exact) mass is 476 g/mol. The van der Waals surface area contributed by atoms with E-state index in [9.17, 15) is 8.42 Å². The average molecular weight is 477 g/mol. The van der Waals surface area contributed by atoms with Gasteiger partial charge in [-0.3, -0.25) is 0 Å². The normalized spacial score (nSPS) is 16.7. The van der Waals surface area contributed by atoms with E-state index in [1.165, 1.54) is 12.6 Å². The van der Waals surface area contributed by atoms with Gasteiger partial charge in [-0.25, -0.2) is 18.4 Å². The Hall–Kier alpha value is -2.46. The molecule has 2 aliphatic heterocycles. The van der Waals surface area contributed by atoms with E-state index in [4.69, 9.17) is 21.7 Å². The first-order chi connectivity index (χ1) is 15.3. The fourth-order valence-corrected chi connectivity index (χ4v) is 4.93. The maximum absolute atomic E-state index is 11.9. The number of thiocarbonyl (C=S) groups is 1. The SMILES string of the molecule is CCCOC(=S)N1CCC(Oc2cc(N3CCc4cc(S(C)(=O)=O)ccc43)ncn2)CC1. The minimum absolute atomic E-state index is 0.0613. The van der Waals surface area contributed by atoms with Gasteiger partial charge < -0.3 is 19.3 Å². The minimum atomic E-state index is -3.23. The van der Waals surface area contributed by atoms with Gasteiger partial charge in [-0.1, -0.05) is 6.92 Å². The highest BCUT2D eigenvalue weighted by atomic mass is 32.2. The third-order valence-electron chi connectivity index (χ3n) is 5.70. The van der Waals surface area contributed by atoms with Crippen LogP contribution in [-0.2, 0) is 21.0 Å². The summed E-state index contributed by atoms with van der Waals surface area (Å²) in [6, 6.07) is 7.10. The molecule has 0 bridgehead atoms. The van der Waals surface area contributed by atoms with Crippen LogP contribution in [0.5, 0.6) is 5.88 Å². The number of sulfone groups is 1. The molecule has 1 aromatic heterocycles. The fraction of sp³-hybridized carbons (Fsp3) is 0.500. The molecule has 1 aromatic carbocycles. The van der Waals surface area contributed by atoms with Crippen LogP contribution in [0.4, 0.5) is 11.5 Å². The van der Waals surface area contributed by atoms with Crippen molar-refractivity contribution in [2.75, 3.05) is 37.4 Å². The van der Waals surface area contributed by atoms with Gasteiger partial charge in [-0.15, -0.1) is 0 Å². The summed E-state index contributed by atoms with van der Waals surface area (Å²) in [4.78, 5) is 13.2. The molecule has 0 spiro atoms. The van der Waals surface area contributed by atoms with Crippen molar-refractivity contribution < 1.29 is 17.9 Å². The number of fused-ring (bicyclic) bond motifs is 1. The fourth-order valence-electron chi connectivity index (χ4n) is 4.00. The summed E-state index contributed by atoms with van der Waals surface area (Å²) in [6.07, 6.45) is 6.19. The molecule has 8 nitrogen and oxygen atoms in total. The average Bonchev–Trinajstić information content (AvgIpc) is 3.21. The molecule has 2 aromatic rings. The van der Waals surface area contributed by atoms with Crippen molar-refractivity contribution in [2.24, 2.45) is 0 Å². The van der Waals surface area contributed by atoms with Gasteiger partial charge in [0.05, 0.1) is 11.5 Å². The van der Waals surface area contributed by atoms with Gasteiger partial charge in [-0.2, -0.15) is 0 Å². The summed E-state index contributed by atoms with van der Waals surface area (Å²) in [5, 5.41) is 0.571. The molecule has 3 heterocycles. The Labute approximate surface area is 194 Å². The lowest BCUT2D eigenvalue weighted by atomic mass is 10.1. The van der Waals surface area contributed by atoms with Gasteiger partial charge in [-0.05, 0) is 48.8 Å². The Kier molecular flexibility index (Phi) is 6.80. The maximum atomic E-state index is 11.9. The molecule has 0 N–H and O–H groups in total. The van der Waals surface area contributed by atoms with E-state index in [-0.39, 0.29) is 6.10 Å². The molecule has 0 aliphatic carbocycles. The molecule has 0 radical (unpaired) electrons. The van der Waals surface area contributed by atoms with Crippen LogP contribution in [0.15, 0.2) is 35.5 Å². The summed E-state index contributed by atoms with van der Waals surface area (Å²) in [5.74, 6) is 1.28. The molecule has 1 saturated heterocycles. The predicted molar refractivity (Wildman–Crippen MR) is 126 cm³/mol. The van der Waals surface area contributed by atoms with Gasteiger partial charge in [0, 0.05) is 50.5 Å². The lowest BCUT2D eigenvalue weighted by Gasteiger charge is -2.33. The number of anilines is 2. The first-order valence-electron chi connectivity index (χ1n) is 10.9. The predicted octanol–water partition coefficient (Wildman–Crippen LogP) is 3.13. The van der Waals surface area contributed by atoms with Crippen molar-refractivity contribution in [1.82, 2.24) is 14.9 Å². The van der Waals surface area contributed by atoms with Gasteiger partial charge in [0.15, 0.2) is 9.84 Å². The van der Waals surface area contributed by atoms with Crippen LogP contribution in [0.1, 0.15) is 31.7 Å². The highest BCUT2D eigenvalue weighted by molar-refractivity contribution is 7.90. The van der Waals surface area contributed by atoms with Gasteiger partial charge >= 0.3 is 0 Å². The Morgan fingerprint density at radius 1 is 1.19 bits per heavy atom.